The number of aromatic nitrogens is 3. The normalized spacial score (nSPS) is 11.8. The van der Waals surface area contributed by atoms with E-state index in [1.165, 1.54) is 11.3 Å². The van der Waals surface area contributed by atoms with Gasteiger partial charge in [-0.3, -0.25) is 0 Å². The lowest BCUT2D eigenvalue weighted by atomic mass is 10.3. The van der Waals surface area contributed by atoms with E-state index in [2.05, 4.69) is 15.2 Å². The van der Waals surface area contributed by atoms with E-state index in [0.717, 1.165) is 22.7 Å². The molecule has 0 spiro atoms. The number of nitrogens with zero attached hydrogens (tertiary/aromatic N) is 3. The zero-order valence-electron chi connectivity index (χ0n) is 10.5. The largest absolute Gasteiger partial charge is 0.417 e. The van der Waals surface area contributed by atoms with Gasteiger partial charge in [-0.15, -0.1) is 21.5 Å². The van der Waals surface area contributed by atoms with Crippen LogP contribution in [0.25, 0.3) is 10.8 Å². The molecule has 3 heterocycles. The third-order valence-corrected chi connectivity index (χ3v) is 4.57. The fourth-order valence-corrected chi connectivity index (χ4v) is 3.04. The Bertz CT molecular complexity index is 789. The molecule has 0 radical (unpaired) electrons. The van der Waals surface area contributed by atoms with Crippen molar-refractivity contribution >= 4 is 34.7 Å². The Kier molecular flexibility index (Phi) is 4.11. The Morgan fingerprint density at radius 2 is 2.09 bits per heavy atom. The average molecular weight is 364 g/mol. The van der Waals surface area contributed by atoms with Gasteiger partial charge in [0.05, 0.1) is 15.5 Å². The SMILES string of the molecule is FC(F)(F)c1cnc(Sc2nnc(-c3cccs3)o2)c(Cl)c1. The molecular weight excluding hydrogens is 359 g/mol. The molecule has 22 heavy (non-hydrogen) atoms. The quantitative estimate of drug-likeness (QED) is 0.654. The Balaban J connectivity index is 1.82. The molecule has 114 valence electrons. The topological polar surface area (TPSA) is 51.8 Å². The van der Waals surface area contributed by atoms with Gasteiger partial charge in [-0.1, -0.05) is 17.7 Å². The van der Waals surface area contributed by atoms with Crippen LogP contribution in [-0.2, 0) is 6.18 Å². The Labute approximate surface area is 135 Å². The van der Waals surface area contributed by atoms with E-state index >= 15 is 0 Å². The lowest BCUT2D eigenvalue weighted by Gasteiger charge is -2.07. The Morgan fingerprint density at radius 3 is 2.73 bits per heavy atom. The van der Waals surface area contributed by atoms with Crippen molar-refractivity contribution in [3.63, 3.8) is 0 Å². The lowest BCUT2D eigenvalue weighted by molar-refractivity contribution is -0.137. The zero-order chi connectivity index (χ0) is 15.7. The van der Waals surface area contributed by atoms with E-state index in [9.17, 15) is 13.2 Å². The molecule has 0 fully saturated rings. The molecule has 10 heteroatoms. The first-order valence-corrected chi connectivity index (χ1v) is 7.79. The highest BCUT2D eigenvalue weighted by Gasteiger charge is 2.31. The van der Waals surface area contributed by atoms with Gasteiger partial charge in [0.2, 0.25) is 0 Å². The summed E-state index contributed by atoms with van der Waals surface area (Å²) in [5, 5.41) is 9.72. The maximum Gasteiger partial charge on any atom is 0.417 e. The molecule has 0 aliphatic rings. The van der Waals surface area contributed by atoms with Crippen LogP contribution in [0, 0.1) is 0 Å². The summed E-state index contributed by atoms with van der Waals surface area (Å²) in [4.78, 5) is 4.49. The Hall–Kier alpha value is -1.58. The fraction of sp³-hybridized carbons (Fsp3) is 0.0833. The molecular formula is C12H5ClF3N3OS2. The van der Waals surface area contributed by atoms with Gasteiger partial charge in [0.15, 0.2) is 0 Å². The van der Waals surface area contributed by atoms with Gasteiger partial charge < -0.3 is 4.42 Å². The molecule has 0 N–H and O–H groups in total. The van der Waals surface area contributed by atoms with Crippen molar-refractivity contribution < 1.29 is 17.6 Å². The van der Waals surface area contributed by atoms with E-state index in [1.54, 1.807) is 0 Å². The maximum absolute atomic E-state index is 12.5. The lowest BCUT2D eigenvalue weighted by Crippen LogP contribution is -2.05. The minimum atomic E-state index is -4.49. The molecule has 0 aliphatic carbocycles. The molecule has 3 aromatic rings. The van der Waals surface area contributed by atoms with Crippen LogP contribution in [0.3, 0.4) is 0 Å². The number of rotatable bonds is 3. The summed E-state index contributed by atoms with van der Waals surface area (Å²) in [6, 6.07) is 4.47. The minimum Gasteiger partial charge on any atom is -0.410 e. The number of hydrogen-bond acceptors (Lipinski definition) is 6. The van der Waals surface area contributed by atoms with Gasteiger partial charge in [-0.05, 0) is 29.3 Å². The summed E-state index contributed by atoms with van der Waals surface area (Å²) in [7, 11) is 0. The van der Waals surface area contributed by atoms with Crippen molar-refractivity contribution in [3.05, 3.63) is 40.4 Å². The van der Waals surface area contributed by atoms with Gasteiger partial charge in [0.1, 0.15) is 5.03 Å². The van der Waals surface area contributed by atoms with Gasteiger partial charge in [0, 0.05) is 6.20 Å². The van der Waals surface area contributed by atoms with Crippen molar-refractivity contribution in [2.24, 2.45) is 0 Å². The third kappa shape index (κ3) is 3.26. The first-order valence-electron chi connectivity index (χ1n) is 5.71. The molecule has 0 unspecified atom stereocenters. The highest BCUT2D eigenvalue weighted by molar-refractivity contribution is 7.99. The van der Waals surface area contributed by atoms with Crippen LogP contribution in [0.15, 0.2) is 44.4 Å². The van der Waals surface area contributed by atoms with Crippen LogP contribution in [0.5, 0.6) is 0 Å². The smallest absolute Gasteiger partial charge is 0.410 e. The van der Waals surface area contributed by atoms with Crippen LogP contribution < -0.4 is 0 Å². The predicted octanol–water partition coefficient (Wildman–Crippen LogP) is 5.02. The molecule has 3 aromatic heterocycles. The number of thiophene rings is 1. The standard InChI is InChI=1S/C12H5ClF3N3OS2/c13-7-4-6(12(14,15)16)5-17-10(7)22-11-19-18-9(20-11)8-2-1-3-21-8/h1-5H. The average Bonchev–Trinajstić information content (AvgIpc) is 3.10. The van der Waals surface area contributed by atoms with Crippen LogP contribution in [0.1, 0.15) is 5.56 Å². The maximum atomic E-state index is 12.5. The monoisotopic (exact) mass is 363 g/mol. The van der Waals surface area contributed by atoms with E-state index in [1.807, 2.05) is 17.5 Å². The third-order valence-electron chi connectivity index (χ3n) is 2.46. The molecule has 0 aliphatic heterocycles. The van der Waals surface area contributed by atoms with Gasteiger partial charge >= 0.3 is 6.18 Å². The first kappa shape index (κ1) is 15.3. The molecule has 0 saturated heterocycles. The fourth-order valence-electron chi connectivity index (χ4n) is 1.49. The van der Waals surface area contributed by atoms with Gasteiger partial charge in [0.25, 0.3) is 11.1 Å². The van der Waals surface area contributed by atoms with E-state index in [-0.39, 0.29) is 15.3 Å². The van der Waals surface area contributed by atoms with E-state index in [4.69, 9.17) is 16.0 Å². The number of alkyl halides is 3. The minimum absolute atomic E-state index is 0.129. The van der Waals surface area contributed by atoms with Crippen molar-refractivity contribution in [1.82, 2.24) is 15.2 Å². The highest BCUT2D eigenvalue weighted by atomic mass is 35.5. The van der Waals surface area contributed by atoms with Crippen LogP contribution in [0.2, 0.25) is 5.02 Å². The molecule has 0 bridgehead atoms. The molecule has 3 rings (SSSR count). The van der Waals surface area contributed by atoms with Crippen molar-refractivity contribution in [2.45, 2.75) is 16.4 Å². The first-order chi connectivity index (χ1) is 10.4. The predicted molar refractivity (Wildman–Crippen MR) is 76.0 cm³/mol. The van der Waals surface area contributed by atoms with Crippen molar-refractivity contribution in [1.29, 1.82) is 0 Å². The van der Waals surface area contributed by atoms with Crippen molar-refractivity contribution in [2.75, 3.05) is 0 Å². The van der Waals surface area contributed by atoms with Crippen LogP contribution >= 0.6 is 34.7 Å². The second kappa shape index (κ2) is 5.90. The van der Waals surface area contributed by atoms with E-state index < -0.39 is 11.7 Å². The second-order valence-electron chi connectivity index (χ2n) is 3.96. The van der Waals surface area contributed by atoms with Crippen LogP contribution in [-0.4, -0.2) is 15.2 Å². The summed E-state index contributed by atoms with van der Waals surface area (Å²) >= 11 is 8.16. The summed E-state index contributed by atoms with van der Waals surface area (Å²) in [5.41, 5.74) is -0.911. The number of halogens is 4. The molecule has 0 saturated carbocycles. The zero-order valence-corrected chi connectivity index (χ0v) is 12.9. The summed E-state index contributed by atoms with van der Waals surface area (Å²) in [6.45, 7) is 0. The van der Waals surface area contributed by atoms with Gasteiger partial charge in [-0.2, -0.15) is 13.2 Å². The van der Waals surface area contributed by atoms with E-state index in [0.29, 0.717) is 12.1 Å². The number of pyridine rings is 1. The summed E-state index contributed by atoms with van der Waals surface area (Å²) in [6.07, 6.45) is -3.78. The van der Waals surface area contributed by atoms with Crippen molar-refractivity contribution in [3.8, 4) is 10.8 Å². The summed E-state index contributed by atoms with van der Waals surface area (Å²) in [5.74, 6) is 0.334. The highest BCUT2D eigenvalue weighted by Crippen LogP contribution is 2.36. The van der Waals surface area contributed by atoms with Crippen LogP contribution in [0.4, 0.5) is 13.2 Å². The Morgan fingerprint density at radius 1 is 1.27 bits per heavy atom. The molecule has 0 amide bonds. The van der Waals surface area contributed by atoms with Gasteiger partial charge in [-0.25, -0.2) is 4.98 Å². The molecule has 0 aromatic carbocycles. The number of hydrogen-bond donors (Lipinski definition) is 0. The second-order valence-corrected chi connectivity index (χ2v) is 6.26. The summed E-state index contributed by atoms with van der Waals surface area (Å²) < 4.78 is 43.0. The molecule has 0 atom stereocenters. The molecule has 4 nitrogen and oxygen atoms in total.